The van der Waals surface area contributed by atoms with E-state index in [1.807, 2.05) is 27.7 Å². The van der Waals surface area contributed by atoms with E-state index in [1.54, 1.807) is 12.1 Å². The molecule has 0 radical (unpaired) electrons. The van der Waals surface area contributed by atoms with Crippen LogP contribution in [-0.2, 0) is 9.31 Å². The summed E-state index contributed by atoms with van der Waals surface area (Å²) in [5, 5.41) is 0. The minimum Gasteiger partial charge on any atom is -0.399 e. The summed E-state index contributed by atoms with van der Waals surface area (Å²) < 4.78 is 36.6. The van der Waals surface area contributed by atoms with Gasteiger partial charge >= 0.3 is 7.12 Å². The van der Waals surface area contributed by atoms with E-state index in [-0.39, 0.29) is 5.56 Å². The Labute approximate surface area is 106 Å². The second-order valence-electron chi connectivity index (χ2n) is 5.56. The normalized spacial score (nSPS) is 21.6. The molecule has 1 fully saturated rings. The summed E-state index contributed by atoms with van der Waals surface area (Å²) in [6.45, 7) is 7.84. The summed E-state index contributed by atoms with van der Waals surface area (Å²) in [6.07, 6.45) is -2.45. The Balaban J connectivity index is 2.19. The highest BCUT2D eigenvalue weighted by Gasteiger charge is 2.51. The average Bonchev–Trinajstić information content (AvgIpc) is 2.48. The Morgan fingerprint density at radius 1 is 0.944 bits per heavy atom. The van der Waals surface area contributed by atoms with Gasteiger partial charge in [-0.1, -0.05) is 24.3 Å². The van der Waals surface area contributed by atoms with E-state index in [0.717, 1.165) is 5.46 Å². The van der Waals surface area contributed by atoms with Crippen molar-refractivity contribution in [1.29, 1.82) is 0 Å². The molecule has 0 saturated carbocycles. The topological polar surface area (TPSA) is 18.5 Å². The highest BCUT2D eigenvalue weighted by atomic mass is 19.3. The lowest BCUT2D eigenvalue weighted by Gasteiger charge is -2.32. The molecule has 0 atom stereocenters. The van der Waals surface area contributed by atoms with Crippen LogP contribution in [0.4, 0.5) is 8.78 Å². The fraction of sp³-hybridized carbons (Fsp3) is 0.538. The van der Waals surface area contributed by atoms with Crippen LogP contribution in [0.2, 0.25) is 0 Å². The lowest BCUT2D eigenvalue weighted by molar-refractivity contribution is 0.00578. The van der Waals surface area contributed by atoms with Crippen molar-refractivity contribution < 1.29 is 18.1 Å². The third-order valence-corrected chi connectivity index (χ3v) is 3.71. The van der Waals surface area contributed by atoms with Gasteiger partial charge in [-0.3, -0.25) is 0 Å². The van der Waals surface area contributed by atoms with E-state index in [0.29, 0.717) is 0 Å². The fourth-order valence-electron chi connectivity index (χ4n) is 1.78. The molecule has 2 nitrogen and oxygen atoms in total. The molecule has 0 unspecified atom stereocenters. The Morgan fingerprint density at radius 2 is 1.39 bits per heavy atom. The standard InChI is InChI=1S/C13H17BF2O2/c1-12(2)13(3,4)18-14(17-12)10-7-5-9(6-8-10)11(15)16/h5-8,11H,1-4H3. The van der Waals surface area contributed by atoms with Gasteiger partial charge in [-0.15, -0.1) is 0 Å². The van der Waals surface area contributed by atoms with Gasteiger partial charge in [0.2, 0.25) is 0 Å². The maximum Gasteiger partial charge on any atom is 0.494 e. The first-order chi connectivity index (χ1) is 8.23. The summed E-state index contributed by atoms with van der Waals surface area (Å²) in [5.74, 6) is 0. The van der Waals surface area contributed by atoms with Crippen LogP contribution in [0.25, 0.3) is 0 Å². The summed E-state index contributed by atoms with van der Waals surface area (Å²) in [6, 6.07) is 6.07. The number of benzene rings is 1. The molecule has 5 heteroatoms. The van der Waals surface area contributed by atoms with E-state index in [2.05, 4.69) is 0 Å². The largest absolute Gasteiger partial charge is 0.494 e. The number of rotatable bonds is 2. The Morgan fingerprint density at radius 3 is 1.78 bits per heavy atom. The summed E-state index contributed by atoms with van der Waals surface area (Å²) in [4.78, 5) is 0. The first-order valence-corrected chi connectivity index (χ1v) is 5.96. The first-order valence-electron chi connectivity index (χ1n) is 5.96. The molecule has 0 spiro atoms. The Bertz CT molecular complexity index is 413. The number of hydrogen-bond acceptors (Lipinski definition) is 2. The second-order valence-corrected chi connectivity index (χ2v) is 5.56. The zero-order valence-electron chi connectivity index (χ0n) is 11.0. The van der Waals surface area contributed by atoms with Crippen molar-refractivity contribution in [2.24, 2.45) is 0 Å². The van der Waals surface area contributed by atoms with Gasteiger partial charge in [0, 0.05) is 5.56 Å². The molecule has 1 aliphatic heterocycles. The number of alkyl halides is 2. The second kappa shape index (κ2) is 4.32. The van der Waals surface area contributed by atoms with Crippen LogP contribution >= 0.6 is 0 Å². The zero-order valence-corrected chi connectivity index (χ0v) is 11.0. The smallest absolute Gasteiger partial charge is 0.399 e. The van der Waals surface area contributed by atoms with Crippen molar-refractivity contribution in [2.75, 3.05) is 0 Å². The molecule has 1 aromatic rings. The third-order valence-electron chi connectivity index (χ3n) is 3.71. The van der Waals surface area contributed by atoms with Gasteiger partial charge < -0.3 is 9.31 Å². The molecule has 0 aromatic heterocycles. The highest BCUT2D eigenvalue weighted by Crippen LogP contribution is 2.36. The van der Waals surface area contributed by atoms with E-state index in [9.17, 15) is 8.78 Å². The molecule has 2 rings (SSSR count). The van der Waals surface area contributed by atoms with Crippen molar-refractivity contribution in [2.45, 2.75) is 45.3 Å². The lowest BCUT2D eigenvalue weighted by atomic mass is 9.79. The number of hydrogen-bond donors (Lipinski definition) is 0. The van der Waals surface area contributed by atoms with Crippen LogP contribution in [0.15, 0.2) is 24.3 Å². The minimum absolute atomic E-state index is 0.00951. The van der Waals surface area contributed by atoms with Gasteiger partial charge in [0.15, 0.2) is 0 Å². The van der Waals surface area contributed by atoms with Gasteiger partial charge in [-0.05, 0) is 33.2 Å². The van der Waals surface area contributed by atoms with Gasteiger partial charge in [0.1, 0.15) is 0 Å². The van der Waals surface area contributed by atoms with Crippen molar-refractivity contribution >= 4 is 12.6 Å². The van der Waals surface area contributed by atoms with Gasteiger partial charge in [-0.2, -0.15) is 0 Å². The average molecular weight is 254 g/mol. The molecular weight excluding hydrogens is 237 g/mol. The first kappa shape index (κ1) is 13.5. The molecule has 18 heavy (non-hydrogen) atoms. The zero-order chi connectivity index (χ0) is 13.6. The van der Waals surface area contributed by atoms with Crippen molar-refractivity contribution in [1.82, 2.24) is 0 Å². The van der Waals surface area contributed by atoms with Crippen LogP contribution in [0, 0.1) is 0 Å². The van der Waals surface area contributed by atoms with Crippen LogP contribution < -0.4 is 5.46 Å². The molecule has 1 saturated heterocycles. The molecule has 0 bridgehead atoms. The SMILES string of the molecule is CC1(C)OB(c2ccc(C(F)F)cc2)OC1(C)C. The maximum atomic E-state index is 12.5. The molecule has 0 N–H and O–H groups in total. The number of halogens is 2. The molecule has 1 aliphatic rings. The maximum absolute atomic E-state index is 12.5. The molecule has 0 amide bonds. The van der Waals surface area contributed by atoms with Crippen molar-refractivity contribution in [3.63, 3.8) is 0 Å². The van der Waals surface area contributed by atoms with Crippen LogP contribution in [-0.4, -0.2) is 18.3 Å². The highest BCUT2D eigenvalue weighted by molar-refractivity contribution is 6.62. The van der Waals surface area contributed by atoms with Gasteiger partial charge in [0.05, 0.1) is 11.2 Å². The molecule has 0 aliphatic carbocycles. The summed E-state index contributed by atoms with van der Waals surface area (Å²) in [5.41, 5.74) is -0.0636. The molecule has 1 heterocycles. The van der Waals surface area contributed by atoms with Gasteiger partial charge in [0.25, 0.3) is 6.43 Å². The lowest BCUT2D eigenvalue weighted by Crippen LogP contribution is -2.41. The Hall–Kier alpha value is -0.935. The summed E-state index contributed by atoms with van der Waals surface area (Å²) in [7, 11) is -0.498. The Kier molecular flexibility index (Phi) is 3.24. The fourth-order valence-corrected chi connectivity index (χ4v) is 1.78. The summed E-state index contributed by atoms with van der Waals surface area (Å²) >= 11 is 0. The van der Waals surface area contributed by atoms with Crippen molar-refractivity contribution in [3.05, 3.63) is 29.8 Å². The third kappa shape index (κ3) is 2.29. The molecule has 98 valence electrons. The van der Waals surface area contributed by atoms with E-state index in [1.165, 1.54) is 12.1 Å². The van der Waals surface area contributed by atoms with Crippen LogP contribution in [0.1, 0.15) is 39.7 Å². The predicted molar refractivity (Wildman–Crippen MR) is 67.1 cm³/mol. The van der Waals surface area contributed by atoms with Crippen LogP contribution in [0.5, 0.6) is 0 Å². The van der Waals surface area contributed by atoms with E-state index < -0.39 is 24.7 Å². The molecule has 1 aromatic carbocycles. The monoisotopic (exact) mass is 254 g/mol. The minimum atomic E-state index is -2.45. The van der Waals surface area contributed by atoms with E-state index >= 15 is 0 Å². The van der Waals surface area contributed by atoms with Gasteiger partial charge in [-0.25, -0.2) is 8.78 Å². The predicted octanol–water partition coefficient (Wildman–Crippen LogP) is 2.92. The quantitative estimate of drug-likeness (QED) is 0.755. The van der Waals surface area contributed by atoms with Crippen molar-refractivity contribution in [3.8, 4) is 0 Å². The molecular formula is C13H17BF2O2. The van der Waals surface area contributed by atoms with Crippen LogP contribution in [0.3, 0.4) is 0 Å². The van der Waals surface area contributed by atoms with E-state index in [4.69, 9.17) is 9.31 Å².